The minimum atomic E-state index is -2.17. The van der Waals surface area contributed by atoms with Crippen LogP contribution in [-0.2, 0) is 0 Å². The number of hydrogen-bond acceptors (Lipinski definition) is 5. The lowest BCUT2D eigenvalue weighted by molar-refractivity contribution is 0.278. The van der Waals surface area contributed by atoms with Gasteiger partial charge >= 0.3 is 7.32 Å². The molecule has 0 atom stereocenters. The number of fused-ring (bicyclic) bond motifs is 2. The minimum Gasteiger partial charge on any atom is -0.402 e. The average molecular weight is 261 g/mol. The van der Waals surface area contributed by atoms with Crippen LogP contribution in [0.3, 0.4) is 0 Å². The Morgan fingerprint density at radius 3 is 1.61 bits per heavy atom. The summed E-state index contributed by atoms with van der Waals surface area (Å²) in [6.45, 7) is 0. The first-order valence-electron chi connectivity index (χ1n) is 5.34. The van der Waals surface area contributed by atoms with Crippen LogP contribution in [0.25, 0.3) is 0 Å². The Morgan fingerprint density at radius 1 is 0.778 bits per heavy atom. The number of nitrogens with one attached hydrogen (secondary N) is 1. The van der Waals surface area contributed by atoms with Crippen molar-refractivity contribution in [1.82, 2.24) is 0 Å². The van der Waals surface area contributed by atoms with Gasteiger partial charge in [-0.05, 0) is 24.3 Å². The second-order valence-corrected chi connectivity index (χ2v) is 4.65. The van der Waals surface area contributed by atoms with Crippen LogP contribution in [-0.4, -0.2) is 22.4 Å². The molecule has 18 heavy (non-hydrogen) atoms. The van der Waals surface area contributed by atoms with Gasteiger partial charge in [-0.3, -0.25) is 0 Å². The molecular weight excluding hydrogens is 249 g/mol. The van der Waals surface area contributed by atoms with Crippen LogP contribution < -0.4 is 5.32 Å². The van der Waals surface area contributed by atoms with Gasteiger partial charge in [-0.1, -0.05) is 36.0 Å². The molecule has 0 fully saturated rings. The Morgan fingerprint density at radius 2 is 1.17 bits per heavy atom. The van der Waals surface area contributed by atoms with Gasteiger partial charge in [0.15, 0.2) is 0 Å². The summed E-state index contributed by atoms with van der Waals surface area (Å²) in [6.07, 6.45) is 0. The second kappa shape index (κ2) is 5.93. The number of hydrogen-bond donors (Lipinski definition) is 4. The van der Waals surface area contributed by atoms with Crippen LogP contribution in [0.5, 0.6) is 0 Å². The summed E-state index contributed by atoms with van der Waals surface area (Å²) in [5, 5.41) is 24.9. The SMILES string of the molecule is OB(O)O.c1ccc2c(c1)Nc1ccccc1S2. The lowest BCUT2D eigenvalue weighted by atomic mass is 10.2. The van der Waals surface area contributed by atoms with Crippen LogP contribution in [0.1, 0.15) is 0 Å². The predicted molar refractivity (Wildman–Crippen MR) is 72.7 cm³/mol. The van der Waals surface area contributed by atoms with Gasteiger partial charge in [0.1, 0.15) is 0 Å². The highest BCUT2D eigenvalue weighted by Gasteiger charge is 2.13. The molecule has 1 heterocycles. The summed E-state index contributed by atoms with van der Waals surface area (Å²) >= 11 is 1.82. The first-order chi connectivity index (χ1) is 8.66. The topological polar surface area (TPSA) is 72.7 Å². The van der Waals surface area contributed by atoms with Gasteiger partial charge in [0, 0.05) is 9.79 Å². The maximum atomic E-state index is 7.17. The van der Waals surface area contributed by atoms with Gasteiger partial charge in [-0.2, -0.15) is 0 Å². The fourth-order valence-corrected chi connectivity index (χ4v) is 2.57. The highest BCUT2D eigenvalue weighted by atomic mass is 32.2. The van der Waals surface area contributed by atoms with E-state index >= 15 is 0 Å². The maximum Gasteiger partial charge on any atom is 0.631 e. The van der Waals surface area contributed by atoms with E-state index in [0.717, 1.165) is 0 Å². The highest BCUT2D eigenvalue weighted by molar-refractivity contribution is 7.99. The summed E-state index contributed by atoms with van der Waals surface area (Å²) in [6, 6.07) is 16.8. The van der Waals surface area contributed by atoms with Crippen molar-refractivity contribution >= 4 is 30.5 Å². The fourth-order valence-electron chi connectivity index (χ4n) is 1.58. The van der Waals surface area contributed by atoms with Gasteiger partial charge < -0.3 is 20.4 Å². The lowest BCUT2D eigenvalue weighted by Crippen LogP contribution is -2.07. The molecule has 2 aromatic carbocycles. The zero-order valence-electron chi connectivity index (χ0n) is 9.45. The van der Waals surface area contributed by atoms with E-state index in [2.05, 4.69) is 53.8 Å². The fraction of sp³-hybridized carbons (Fsp3) is 0. The van der Waals surface area contributed by atoms with E-state index in [0.29, 0.717) is 0 Å². The molecule has 0 radical (unpaired) electrons. The highest BCUT2D eigenvalue weighted by Crippen LogP contribution is 2.43. The number of rotatable bonds is 0. The second-order valence-electron chi connectivity index (χ2n) is 3.57. The monoisotopic (exact) mass is 261 g/mol. The number of anilines is 2. The standard InChI is InChI=1S/C12H9NS.BH3O3/c1-3-7-11-9(5-1)13-10-6-2-4-8-12(10)14-11;2-1(3)4/h1-8,13H;2-4H. The third-order valence-electron chi connectivity index (χ3n) is 2.26. The smallest absolute Gasteiger partial charge is 0.402 e. The van der Waals surface area contributed by atoms with Crippen molar-refractivity contribution in [2.45, 2.75) is 9.79 Å². The van der Waals surface area contributed by atoms with Crippen molar-refractivity contribution in [3.63, 3.8) is 0 Å². The van der Waals surface area contributed by atoms with Crippen LogP contribution in [0.4, 0.5) is 11.4 Å². The average Bonchev–Trinajstić information content (AvgIpc) is 2.35. The maximum absolute atomic E-state index is 7.17. The van der Waals surface area contributed by atoms with Gasteiger partial charge in [-0.15, -0.1) is 0 Å². The molecule has 1 aliphatic rings. The normalized spacial score (nSPS) is 11.3. The van der Waals surface area contributed by atoms with Crippen LogP contribution >= 0.6 is 11.8 Å². The Bertz CT molecular complexity index is 446. The van der Waals surface area contributed by atoms with E-state index in [1.165, 1.54) is 21.2 Å². The quantitative estimate of drug-likeness (QED) is 0.465. The molecule has 0 bridgehead atoms. The first kappa shape index (κ1) is 13.0. The van der Waals surface area contributed by atoms with E-state index in [9.17, 15) is 0 Å². The van der Waals surface area contributed by atoms with E-state index < -0.39 is 7.32 Å². The Hall–Kier alpha value is -1.47. The molecule has 2 aromatic rings. The molecule has 1 aliphatic heterocycles. The van der Waals surface area contributed by atoms with Crippen LogP contribution in [0.15, 0.2) is 58.3 Å². The zero-order valence-corrected chi connectivity index (χ0v) is 10.3. The van der Waals surface area contributed by atoms with Crippen molar-refractivity contribution in [2.75, 3.05) is 5.32 Å². The molecule has 3 rings (SSSR count). The largest absolute Gasteiger partial charge is 0.631 e. The number of para-hydroxylation sites is 2. The van der Waals surface area contributed by atoms with E-state index in [1.54, 1.807) is 0 Å². The summed E-state index contributed by atoms with van der Waals surface area (Å²) in [5.41, 5.74) is 2.41. The molecule has 0 aliphatic carbocycles. The van der Waals surface area contributed by atoms with E-state index in [4.69, 9.17) is 15.1 Å². The van der Waals surface area contributed by atoms with Gasteiger partial charge in [-0.25, -0.2) is 0 Å². The third-order valence-corrected chi connectivity index (χ3v) is 3.42. The Balaban J connectivity index is 0.000000267. The molecule has 6 heteroatoms. The molecule has 0 unspecified atom stereocenters. The van der Waals surface area contributed by atoms with Crippen molar-refractivity contribution in [2.24, 2.45) is 0 Å². The van der Waals surface area contributed by atoms with E-state index in [-0.39, 0.29) is 0 Å². The molecule has 92 valence electrons. The summed E-state index contributed by atoms with van der Waals surface area (Å²) in [5.74, 6) is 0. The van der Waals surface area contributed by atoms with Gasteiger partial charge in [0.05, 0.1) is 11.4 Å². The van der Waals surface area contributed by atoms with Gasteiger partial charge in [0.25, 0.3) is 0 Å². The summed E-state index contributed by atoms with van der Waals surface area (Å²) < 4.78 is 0. The number of benzene rings is 2. The molecule has 0 aromatic heterocycles. The van der Waals surface area contributed by atoms with Crippen molar-refractivity contribution in [3.05, 3.63) is 48.5 Å². The van der Waals surface area contributed by atoms with Crippen molar-refractivity contribution < 1.29 is 15.1 Å². The molecule has 0 saturated heterocycles. The Labute approximate surface area is 109 Å². The summed E-state index contributed by atoms with van der Waals surface area (Å²) in [4.78, 5) is 2.59. The Kier molecular flexibility index (Phi) is 4.27. The molecule has 4 N–H and O–H groups in total. The van der Waals surface area contributed by atoms with Crippen molar-refractivity contribution in [3.8, 4) is 0 Å². The molecule has 0 saturated carbocycles. The van der Waals surface area contributed by atoms with Crippen molar-refractivity contribution in [1.29, 1.82) is 0 Å². The van der Waals surface area contributed by atoms with E-state index in [1.807, 2.05) is 11.8 Å². The molecule has 0 spiro atoms. The molecule has 4 nitrogen and oxygen atoms in total. The molecular formula is C12H12BNO3S. The minimum absolute atomic E-state index is 1.20. The zero-order chi connectivity index (χ0) is 13.0. The summed E-state index contributed by atoms with van der Waals surface area (Å²) in [7, 11) is -2.17. The molecule has 0 amide bonds. The van der Waals surface area contributed by atoms with Gasteiger partial charge in [0.2, 0.25) is 0 Å². The van der Waals surface area contributed by atoms with Crippen LogP contribution in [0, 0.1) is 0 Å². The first-order valence-corrected chi connectivity index (χ1v) is 6.15. The third kappa shape index (κ3) is 3.27. The predicted octanol–water partition coefficient (Wildman–Crippen LogP) is 1.84. The lowest BCUT2D eigenvalue weighted by Gasteiger charge is -2.19. The van der Waals surface area contributed by atoms with Crippen LogP contribution in [0.2, 0.25) is 0 Å².